The van der Waals surface area contributed by atoms with E-state index in [0.29, 0.717) is 18.1 Å². The first kappa shape index (κ1) is 17.3. The van der Waals surface area contributed by atoms with E-state index >= 15 is 0 Å². The number of alkyl carbamates (subject to hydrolysis) is 1. The standard InChI is InChI=1S/C20H30N2O2/c1-20(10-6-3-7-11-20)15-21-17-12-18(13-17)22-19(23)24-14-16-8-4-2-5-9-16/h2,4-5,8-9,17-18,21H,3,6-7,10-15H2,1H3,(H,22,23). The highest BCUT2D eigenvalue weighted by Crippen LogP contribution is 2.35. The van der Waals surface area contributed by atoms with Crippen molar-refractivity contribution < 1.29 is 9.53 Å². The molecule has 3 rings (SSSR count). The van der Waals surface area contributed by atoms with Gasteiger partial charge in [-0.25, -0.2) is 4.79 Å². The SMILES string of the molecule is CC1(CNC2CC(NC(=O)OCc3ccccc3)C2)CCCCC1. The molecule has 0 bridgehead atoms. The molecular formula is C20H30N2O2. The van der Waals surface area contributed by atoms with E-state index in [4.69, 9.17) is 4.74 Å². The number of carbonyl (C=O) groups is 1. The number of hydrogen-bond acceptors (Lipinski definition) is 3. The van der Waals surface area contributed by atoms with E-state index in [9.17, 15) is 4.79 Å². The zero-order chi connectivity index (χ0) is 16.8. The number of benzene rings is 1. The lowest BCUT2D eigenvalue weighted by molar-refractivity contribution is 0.122. The Morgan fingerprint density at radius 2 is 1.83 bits per heavy atom. The van der Waals surface area contributed by atoms with Crippen molar-refractivity contribution in [1.82, 2.24) is 10.6 Å². The second-order valence-electron chi connectivity index (χ2n) is 7.82. The molecule has 24 heavy (non-hydrogen) atoms. The first-order valence-corrected chi connectivity index (χ1v) is 9.34. The number of amides is 1. The molecule has 1 aromatic rings. The summed E-state index contributed by atoms with van der Waals surface area (Å²) in [5.41, 5.74) is 1.49. The van der Waals surface area contributed by atoms with Crippen molar-refractivity contribution in [2.45, 2.75) is 70.6 Å². The Morgan fingerprint density at radius 3 is 2.54 bits per heavy atom. The molecule has 0 heterocycles. The number of nitrogens with one attached hydrogen (secondary N) is 2. The van der Waals surface area contributed by atoms with Crippen LogP contribution in [0.5, 0.6) is 0 Å². The average Bonchev–Trinajstić information content (AvgIpc) is 2.56. The van der Waals surface area contributed by atoms with E-state index in [0.717, 1.165) is 24.9 Å². The third kappa shape index (κ3) is 4.97. The smallest absolute Gasteiger partial charge is 0.407 e. The molecule has 1 amide bonds. The third-order valence-corrected chi connectivity index (χ3v) is 5.55. The van der Waals surface area contributed by atoms with Gasteiger partial charge in [-0.2, -0.15) is 0 Å². The predicted octanol–water partition coefficient (Wildman–Crippen LogP) is 4.00. The summed E-state index contributed by atoms with van der Waals surface area (Å²) in [7, 11) is 0. The highest BCUT2D eigenvalue weighted by atomic mass is 16.5. The monoisotopic (exact) mass is 330 g/mol. The Bertz CT molecular complexity index is 520. The van der Waals surface area contributed by atoms with Crippen LogP contribution in [0.3, 0.4) is 0 Å². The van der Waals surface area contributed by atoms with Gasteiger partial charge in [0, 0.05) is 18.6 Å². The van der Waals surface area contributed by atoms with Gasteiger partial charge in [0.25, 0.3) is 0 Å². The summed E-state index contributed by atoms with van der Waals surface area (Å²) in [6.45, 7) is 3.86. The molecule has 0 atom stereocenters. The first-order valence-electron chi connectivity index (χ1n) is 9.34. The topological polar surface area (TPSA) is 50.4 Å². The van der Waals surface area contributed by atoms with E-state index in [-0.39, 0.29) is 12.1 Å². The molecule has 0 spiro atoms. The molecule has 1 aromatic carbocycles. The Balaban J connectivity index is 1.28. The maximum absolute atomic E-state index is 11.8. The fourth-order valence-corrected chi connectivity index (χ4v) is 3.81. The summed E-state index contributed by atoms with van der Waals surface area (Å²) < 4.78 is 5.27. The summed E-state index contributed by atoms with van der Waals surface area (Å²) in [6.07, 6.45) is 8.56. The molecule has 0 aliphatic heterocycles. The molecule has 0 saturated heterocycles. The van der Waals surface area contributed by atoms with Crippen LogP contribution in [-0.4, -0.2) is 24.7 Å². The molecule has 132 valence electrons. The van der Waals surface area contributed by atoms with Gasteiger partial charge in [0.05, 0.1) is 0 Å². The van der Waals surface area contributed by atoms with E-state index in [1.54, 1.807) is 0 Å². The van der Waals surface area contributed by atoms with Gasteiger partial charge in [0.15, 0.2) is 0 Å². The van der Waals surface area contributed by atoms with Crippen LogP contribution in [0.15, 0.2) is 30.3 Å². The molecule has 2 N–H and O–H groups in total. The Morgan fingerprint density at radius 1 is 1.12 bits per heavy atom. The minimum atomic E-state index is -0.304. The minimum Gasteiger partial charge on any atom is -0.445 e. The predicted molar refractivity (Wildman–Crippen MR) is 95.8 cm³/mol. The van der Waals surface area contributed by atoms with Crippen LogP contribution >= 0.6 is 0 Å². The van der Waals surface area contributed by atoms with Crippen LogP contribution < -0.4 is 10.6 Å². The lowest BCUT2D eigenvalue weighted by Crippen LogP contribution is -2.54. The van der Waals surface area contributed by atoms with E-state index in [1.165, 1.54) is 32.1 Å². The summed E-state index contributed by atoms with van der Waals surface area (Å²) in [6, 6.07) is 10.6. The van der Waals surface area contributed by atoms with Gasteiger partial charge in [-0.1, -0.05) is 56.5 Å². The average molecular weight is 330 g/mol. The van der Waals surface area contributed by atoms with Crippen molar-refractivity contribution in [2.75, 3.05) is 6.54 Å². The third-order valence-electron chi connectivity index (χ3n) is 5.55. The van der Waals surface area contributed by atoms with Gasteiger partial charge < -0.3 is 15.4 Å². The summed E-state index contributed by atoms with van der Waals surface area (Å²) in [4.78, 5) is 11.8. The van der Waals surface area contributed by atoms with Gasteiger partial charge >= 0.3 is 6.09 Å². The van der Waals surface area contributed by atoms with Crippen LogP contribution in [-0.2, 0) is 11.3 Å². The lowest BCUT2D eigenvalue weighted by Gasteiger charge is -2.40. The van der Waals surface area contributed by atoms with Crippen molar-refractivity contribution >= 4 is 6.09 Å². The minimum absolute atomic E-state index is 0.255. The zero-order valence-electron chi connectivity index (χ0n) is 14.7. The maximum Gasteiger partial charge on any atom is 0.407 e. The van der Waals surface area contributed by atoms with Gasteiger partial charge in [0.1, 0.15) is 6.61 Å². The molecule has 0 unspecified atom stereocenters. The summed E-state index contributed by atoms with van der Waals surface area (Å²) in [5, 5.41) is 6.66. The molecular weight excluding hydrogens is 300 g/mol. The fraction of sp³-hybridized carbons (Fsp3) is 0.650. The van der Waals surface area contributed by atoms with E-state index < -0.39 is 0 Å². The van der Waals surface area contributed by atoms with Crippen LogP contribution in [0.1, 0.15) is 57.4 Å². The number of rotatable bonds is 6. The van der Waals surface area contributed by atoms with Gasteiger partial charge in [-0.05, 0) is 36.7 Å². The molecule has 2 saturated carbocycles. The van der Waals surface area contributed by atoms with Crippen molar-refractivity contribution in [1.29, 1.82) is 0 Å². The Hall–Kier alpha value is -1.55. The first-order chi connectivity index (χ1) is 11.6. The Kier molecular flexibility index (Phi) is 5.77. The largest absolute Gasteiger partial charge is 0.445 e. The maximum atomic E-state index is 11.8. The summed E-state index contributed by atoms with van der Waals surface area (Å²) in [5.74, 6) is 0. The normalized spacial score (nSPS) is 25.5. The van der Waals surface area contributed by atoms with Crippen LogP contribution in [0.25, 0.3) is 0 Å². The van der Waals surface area contributed by atoms with Crippen molar-refractivity contribution in [2.24, 2.45) is 5.41 Å². The molecule has 2 fully saturated rings. The number of ether oxygens (including phenoxy) is 1. The summed E-state index contributed by atoms with van der Waals surface area (Å²) >= 11 is 0. The van der Waals surface area contributed by atoms with Gasteiger partial charge in [-0.15, -0.1) is 0 Å². The molecule has 4 nitrogen and oxygen atoms in total. The molecule has 0 radical (unpaired) electrons. The fourth-order valence-electron chi connectivity index (χ4n) is 3.81. The molecule has 2 aliphatic rings. The van der Waals surface area contributed by atoms with Crippen molar-refractivity contribution in [3.05, 3.63) is 35.9 Å². The number of hydrogen-bond donors (Lipinski definition) is 2. The van der Waals surface area contributed by atoms with Crippen LogP contribution in [0.2, 0.25) is 0 Å². The second-order valence-corrected chi connectivity index (χ2v) is 7.82. The van der Waals surface area contributed by atoms with Gasteiger partial charge in [0.2, 0.25) is 0 Å². The van der Waals surface area contributed by atoms with Gasteiger partial charge in [-0.3, -0.25) is 0 Å². The molecule has 0 aromatic heterocycles. The van der Waals surface area contributed by atoms with E-state index in [2.05, 4.69) is 17.6 Å². The highest BCUT2D eigenvalue weighted by Gasteiger charge is 2.33. The van der Waals surface area contributed by atoms with Crippen LogP contribution in [0, 0.1) is 5.41 Å². The Labute approximate surface area is 145 Å². The quantitative estimate of drug-likeness (QED) is 0.829. The van der Waals surface area contributed by atoms with Crippen molar-refractivity contribution in [3.8, 4) is 0 Å². The highest BCUT2D eigenvalue weighted by molar-refractivity contribution is 5.67. The lowest BCUT2D eigenvalue weighted by atomic mass is 9.75. The van der Waals surface area contributed by atoms with Crippen LogP contribution in [0.4, 0.5) is 4.79 Å². The molecule has 4 heteroatoms. The molecule has 2 aliphatic carbocycles. The van der Waals surface area contributed by atoms with Crippen molar-refractivity contribution in [3.63, 3.8) is 0 Å². The van der Waals surface area contributed by atoms with E-state index in [1.807, 2.05) is 30.3 Å². The second kappa shape index (κ2) is 8.02. The number of carbonyl (C=O) groups excluding carboxylic acids is 1. The zero-order valence-corrected chi connectivity index (χ0v) is 14.7.